The number of ether oxygens (including phenoxy) is 2. The molecule has 7 heteroatoms. The molecule has 0 spiro atoms. The van der Waals surface area contributed by atoms with Gasteiger partial charge in [0.1, 0.15) is 5.82 Å². The normalized spacial score (nSPS) is 10.5. The maximum absolute atomic E-state index is 13.2. The van der Waals surface area contributed by atoms with Crippen LogP contribution < -0.4 is 4.74 Å². The predicted molar refractivity (Wildman–Crippen MR) is 59.8 cm³/mol. The van der Waals surface area contributed by atoms with Gasteiger partial charge in [-0.15, -0.1) is 0 Å². The van der Waals surface area contributed by atoms with Crippen LogP contribution in [0.25, 0.3) is 0 Å². The molecule has 0 radical (unpaired) electrons. The minimum Gasteiger partial charge on any atom is -0.425 e. The Hall–Kier alpha value is -1.60. The molecule has 0 fully saturated rings. The predicted octanol–water partition coefficient (Wildman–Crippen LogP) is 2.05. The van der Waals surface area contributed by atoms with Crippen LogP contribution in [-0.2, 0) is 11.2 Å². The lowest BCUT2D eigenvalue weighted by atomic mass is 10.4. The number of rotatable bonds is 5. The number of aromatic nitrogens is 3. The topological polar surface area (TPSA) is 57.1 Å². The zero-order valence-corrected chi connectivity index (χ0v) is 9.91. The molecule has 17 heavy (non-hydrogen) atoms. The highest BCUT2D eigenvalue weighted by atomic mass is 32.1. The van der Waals surface area contributed by atoms with Crippen LogP contribution in [0.3, 0.4) is 0 Å². The minimum absolute atomic E-state index is 0.0435. The van der Waals surface area contributed by atoms with Crippen molar-refractivity contribution >= 4 is 11.5 Å². The van der Waals surface area contributed by atoms with Crippen LogP contribution in [0, 0.1) is 5.95 Å². The molecular weight excluding hydrogens is 245 g/mol. The zero-order chi connectivity index (χ0) is 12.1. The summed E-state index contributed by atoms with van der Waals surface area (Å²) < 4.78 is 27.4. The van der Waals surface area contributed by atoms with Gasteiger partial charge in [-0.2, -0.15) is 13.7 Å². The highest BCUT2D eigenvalue weighted by Gasteiger charge is 2.09. The monoisotopic (exact) mass is 255 g/mol. The standard InChI is InChI=1S/C10H10FN3O2S/c1-15-6-4-8-13-10(17-14-8)16-7-3-2-5-12-9(7)11/h2-3,5H,4,6H2,1H3. The van der Waals surface area contributed by atoms with Crippen molar-refractivity contribution in [1.82, 2.24) is 14.3 Å². The summed E-state index contributed by atoms with van der Waals surface area (Å²) in [5.74, 6) is -0.000712. The molecule has 5 nitrogen and oxygen atoms in total. The largest absolute Gasteiger partial charge is 0.425 e. The Kier molecular flexibility index (Phi) is 3.94. The van der Waals surface area contributed by atoms with Gasteiger partial charge in [0.05, 0.1) is 6.61 Å². The van der Waals surface area contributed by atoms with Crippen molar-refractivity contribution in [2.75, 3.05) is 13.7 Å². The molecule has 0 aliphatic carbocycles. The van der Waals surface area contributed by atoms with Gasteiger partial charge in [-0.3, -0.25) is 0 Å². The fraction of sp³-hybridized carbons (Fsp3) is 0.300. The quantitative estimate of drug-likeness (QED) is 0.765. The number of pyridine rings is 1. The summed E-state index contributed by atoms with van der Waals surface area (Å²) in [6, 6.07) is 3.07. The van der Waals surface area contributed by atoms with Gasteiger partial charge >= 0.3 is 0 Å². The van der Waals surface area contributed by atoms with Gasteiger partial charge in [0.2, 0.25) is 0 Å². The third-order valence-electron chi connectivity index (χ3n) is 1.90. The van der Waals surface area contributed by atoms with Crippen molar-refractivity contribution in [2.24, 2.45) is 0 Å². The molecule has 0 N–H and O–H groups in total. The van der Waals surface area contributed by atoms with E-state index in [9.17, 15) is 4.39 Å². The lowest BCUT2D eigenvalue weighted by molar-refractivity contribution is 0.200. The highest BCUT2D eigenvalue weighted by Crippen LogP contribution is 2.24. The first-order chi connectivity index (χ1) is 8.29. The van der Waals surface area contributed by atoms with Crippen LogP contribution in [0.1, 0.15) is 5.82 Å². The molecule has 2 rings (SSSR count). The van der Waals surface area contributed by atoms with Gasteiger partial charge in [-0.05, 0) is 12.1 Å². The number of halogens is 1. The second-order valence-electron chi connectivity index (χ2n) is 3.11. The molecule has 2 aromatic rings. The Morgan fingerprint density at radius 1 is 1.47 bits per heavy atom. The van der Waals surface area contributed by atoms with Crippen LogP contribution in [0.4, 0.5) is 4.39 Å². The average molecular weight is 255 g/mol. The molecule has 0 unspecified atom stereocenters. The van der Waals surface area contributed by atoms with Gasteiger partial charge in [0.25, 0.3) is 11.1 Å². The smallest absolute Gasteiger partial charge is 0.298 e. The summed E-state index contributed by atoms with van der Waals surface area (Å²) >= 11 is 1.07. The Morgan fingerprint density at radius 3 is 3.12 bits per heavy atom. The summed E-state index contributed by atoms with van der Waals surface area (Å²) in [4.78, 5) is 7.57. The van der Waals surface area contributed by atoms with Gasteiger partial charge < -0.3 is 9.47 Å². The minimum atomic E-state index is -0.666. The summed E-state index contributed by atoms with van der Waals surface area (Å²) in [7, 11) is 1.61. The fourth-order valence-electron chi connectivity index (χ4n) is 1.12. The van der Waals surface area contributed by atoms with Gasteiger partial charge in [-0.25, -0.2) is 4.98 Å². The molecule has 0 saturated heterocycles. The van der Waals surface area contributed by atoms with E-state index >= 15 is 0 Å². The Balaban J connectivity index is 2.04. The van der Waals surface area contributed by atoms with Crippen LogP contribution in [-0.4, -0.2) is 28.1 Å². The molecule has 0 bridgehead atoms. The maximum Gasteiger partial charge on any atom is 0.298 e. The van der Waals surface area contributed by atoms with Crippen LogP contribution in [0.15, 0.2) is 18.3 Å². The lowest BCUT2D eigenvalue weighted by Crippen LogP contribution is -1.96. The van der Waals surface area contributed by atoms with Crippen LogP contribution in [0.2, 0.25) is 0 Å². The van der Waals surface area contributed by atoms with E-state index < -0.39 is 5.95 Å². The van der Waals surface area contributed by atoms with E-state index in [1.165, 1.54) is 12.3 Å². The van der Waals surface area contributed by atoms with E-state index in [1.807, 2.05) is 0 Å². The maximum atomic E-state index is 13.2. The molecule has 2 heterocycles. The van der Waals surface area contributed by atoms with E-state index in [-0.39, 0.29) is 5.75 Å². The van der Waals surface area contributed by atoms with Crippen molar-refractivity contribution < 1.29 is 13.9 Å². The molecule has 0 saturated carbocycles. The zero-order valence-electron chi connectivity index (χ0n) is 9.09. The molecular formula is C10H10FN3O2S. The second kappa shape index (κ2) is 5.65. The van der Waals surface area contributed by atoms with Gasteiger partial charge in [0, 0.05) is 31.3 Å². The lowest BCUT2D eigenvalue weighted by Gasteiger charge is -2.00. The molecule has 0 aromatic carbocycles. The SMILES string of the molecule is COCCc1nsc(Oc2cccnc2F)n1. The third kappa shape index (κ3) is 3.18. The van der Waals surface area contributed by atoms with Crippen molar-refractivity contribution in [2.45, 2.75) is 6.42 Å². The number of hydrogen-bond donors (Lipinski definition) is 0. The van der Waals surface area contributed by atoms with E-state index in [4.69, 9.17) is 9.47 Å². The first-order valence-corrected chi connectivity index (χ1v) is 5.67. The van der Waals surface area contributed by atoms with E-state index in [0.29, 0.717) is 24.0 Å². The second-order valence-corrected chi connectivity index (χ2v) is 3.83. The molecule has 90 valence electrons. The third-order valence-corrected chi connectivity index (χ3v) is 2.53. The number of nitrogens with zero attached hydrogens (tertiary/aromatic N) is 3. The first kappa shape index (κ1) is 11.9. The number of hydrogen-bond acceptors (Lipinski definition) is 6. The molecule has 0 aliphatic heterocycles. The van der Waals surface area contributed by atoms with Crippen molar-refractivity contribution in [1.29, 1.82) is 0 Å². The van der Waals surface area contributed by atoms with Crippen molar-refractivity contribution in [3.63, 3.8) is 0 Å². The Morgan fingerprint density at radius 2 is 2.35 bits per heavy atom. The van der Waals surface area contributed by atoms with Crippen molar-refractivity contribution in [3.8, 4) is 10.9 Å². The van der Waals surface area contributed by atoms with E-state index in [1.54, 1.807) is 13.2 Å². The van der Waals surface area contributed by atoms with Gasteiger partial charge in [0.15, 0.2) is 5.75 Å². The van der Waals surface area contributed by atoms with Crippen molar-refractivity contribution in [3.05, 3.63) is 30.1 Å². The summed E-state index contributed by atoms with van der Waals surface area (Å²) in [6.45, 7) is 0.539. The summed E-state index contributed by atoms with van der Waals surface area (Å²) in [5, 5.41) is 0.294. The van der Waals surface area contributed by atoms with E-state index in [2.05, 4.69) is 14.3 Å². The van der Waals surface area contributed by atoms with E-state index in [0.717, 1.165) is 11.5 Å². The Bertz CT molecular complexity index is 492. The number of methoxy groups -OCH3 is 1. The van der Waals surface area contributed by atoms with Crippen LogP contribution in [0.5, 0.6) is 10.9 Å². The average Bonchev–Trinajstić information content (AvgIpc) is 2.77. The molecule has 0 aliphatic rings. The molecule has 0 atom stereocenters. The fourth-order valence-corrected chi connectivity index (χ4v) is 1.70. The molecule has 2 aromatic heterocycles. The molecule has 0 amide bonds. The Labute approximate surface area is 101 Å². The summed E-state index contributed by atoms with van der Waals surface area (Å²) in [6.07, 6.45) is 1.96. The first-order valence-electron chi connectivity index (χ1n) is 4.89. The summed E-state index contributed by atoms with van der Waals surface area (Å²) in [5.41, 5.74) is 0. The van der Waals surface area contributed by atoms with Gasteiger partial charge in [-0.1, -0.05) is 0 Å². The van der Waals surface area contributed by atoms with Crippen LogP contribution >= 0.6 is 11.5 Å². The highest BCUT2D eigenvalue weighted by molar-refractivity contribution is 7.07.